The molecule has 1 heterocycles. The van der Waals surface area contributed by atoms with Crippen molar-refractivity contribution in [1.82, 2.24) is 10.1 Å². The van der Waals surface area contributed by atoms with Gasteiger partial charge in [-0.3, -0.25) is 0 Å². The van der Waals surface area contributed by atoms with E-state index >= 15 is 0 Å². The van der Waals surface area contributed by atoms with E-state index in [9.17, 15) is 13.2 Å². The van der Waals surface area contributed by atoms with Gasteiger partial charge in [0.25, 0.3) is 5.89 Å². The Hall–Kier alpha value is -1.57. The molecule has 0 aliphatic heterocycles. The number of nitrogen functional groups attached to an aromatic ring is 1. The average molecular weight is 336 g/mol. The van der Waals surface area contributed by atoms with Crippen LogP contribution in [0, 0.1) is 0 Å². The summed E-state index contributed by atoms with van der Waals surface area (Å²) in [6, 6.07) is 5.04. The van der Waals surface area contributed by atoms with Crippen molar-refractivity contribution in [3.63, 3.8) is 0 Å². The zero-order valence-corrected chi connectivity index (χ0v) is 11.1. The number of nitrogens with zero attached hydrogens (tertiary/aromatic N) is 2. The summed E-state index contributed by atoms with van der Waals surface area (Å²) >= 11 is 3.26. The van der Waals surface area contributed by atoms with E-state index in [0.717, 1.165) is 4.47 Å². The number of halogens is 4. The van der Waals surface area contributed by atoms with Gasteiger partial charge in [0.1, 0.15) is 0 Å². The average Bonchev–Trinajstić information content (AvgIpc) is 2.77. The maximum atomic E-state index is 12.1. The second kappa shape index (κ2) is 5.20. The van der Waals surface area contributed by atoms with Gasteiger partial charge in [0.05, 0.1) is 12.0 Å². The fourth-order valence-corrected chi connectivity index (χ4v) is 1.79. The molecule has 0 spiro atoms. The molecule has 2 N–H and O–H groups in total. The molecular formula is C11H9BrF3N3O. The molecule has 2 rings (SSSR count). The number of hydrogen-bond donors (Lipinski definition) is 1. The number of rotatable bonds is 3. The van der Waals surface area contributed by atoms with Crippen molar-refractivity contribution in [2.24, 2.45) is 0 Å². The van der Waals surface area contributed by atoms with E-state index in [2.05, 4.69) is 26.1 Å². The van der Waals surface area contributed by atoms with E-state index in [1.807, 2.05) is 0 Å². The van der Waals surface area contributed by atoms with Crippen molar-refractivity contribution < 1.29 is 17.7 Å². The van der Waals surface area contributed by atoms with Crippen molar-refractivity contribution in [3.05, 3.63) is 28.5 Å². The largest absolute Gasteiger partial charge is 0.398 e. The molecule has 0 aliphatic rings. The first-order valence-electron chi connectivity index (χ1n) is 5.30. The lowest BCUT2D eigenvalue weighted by Gasteiger charge is -2.02. The van der Waals surface area contributed by atoms with Crippen LogP contribution < -0.4 is 5.73 Å². The third-order valence-corrected chi connectivity index (χ3v) is 2.84. The molecule has 0 saturated carbocycles. The molecule has 0 fully saturated rings. The highest BCUT2D eigenvalue weighted by Gasteiger charge is 2.27. The summed E-state index contributed by atoms with van der Waals surface area (Å²) < 4.78 is 41.9. The lowest BCUT2D eigenvalue weighted by molar-refractivity contribution is -0.134. The van der Waals surface area contributed by atoms with Crippen LogP contribution in [-0.4, -0.2) is 16.3 Å². The zero-order chi connectivity index (χ0) is 14.0. The Morgan fingerprint density at radius 1 is 1.32 bits per heavy atom. The molecule has 8 heteroatoms. The number of nitrogens with two attached hydrogens (primary N) is 1. The van der Waals surface area contributed by atoms with E-state index < -0.39 is 12.6 Å². The predicted molar refractivity (Wildman–Crippen MR) is 66.2 cm³/mol. The highest BCUT2D eigenvalue weighted by molar-refractivity contribution is 9.10. The number of aromatic nitrogens is 2. The van der Waals surface area contributed by atoms with Crippen LogP contribution in [0.5, 0.6) is 0 Å². The number of hydrogen-bond acceptors (Lipinski definition) is 4. The van der Waals surface area contributed by atoms with Crippen LogP contribution in [0.25, 0.3) is 11.5 Å². The van der Waals surface area contributed by atoms with E-state index in [4.69, 9.17) is 10.3 Å². The van der Waals surface area contributed by atoms with Crippen LogP contribution in [0.3, 0.4) is 0 Å². The van der Waals surface area contributed by atoms with Gasteiger partial charge in [-0.1, -0.05) is 21.1 Å². The van der Waals surface area contributed by atoms with Gasteiger partial charge in [-0.05, 0) is 18.2 Å². The summed E-state index contributed by atoms with van der Waals surface area (Å²) in [5, 5.41) is 3.51. The molecule has 0 radical (unpaired) electrons. The first-order chi connectivity index (χ1) is 8.85. The molecule has 0 amide bonds. The smallest absolute Gasteiger partial charge is 0.389 e. The Bertz CT molecular complexity index is 583. The molecule has 4 nitrogen and oxygen atoms in total. The van der Waals surface area contributed by atoms with E-state index in [-0.39, 0.29) is 18.1 Å². The van der Waals surface area contributed by atoms with Gasteiger partial charge >= 0.3 is 6.18 Å². The van der Waals surface area contributed by atoms with Crippen LogP contribution >= 0.6 is 15.9 Å². The SMILES string of the molecule is Nc1ccc(Br)cc1-c1nc(CCC(F)(F)F)no1. The first-order valence-corrected chi connectivity index (χ1v) is 6.09. The summed E-state index contributed by atoms with van der Waals surface area (Å²) in [4.78, 5) is 3.91. The molecule has 0 bridgehead atoms. The van der Waals surface area contributed by atoms with Crippen molar-refractivity contribution in [3.8, 4) is 11.5 Å². The molecule has 0 unspecified atom stereocenters. The minimum atomic E-state index is -4.24. The Kier molecular flexibility index (Phi) is 3.79. The molecule has 19 heavy (non-hydrogen) atoms. The van der Waals surface area contributed by atoms with Crippen molar-refractivity contribution in [2.45, 2.75) is 19.0 Å². The highest BCUT2D eigenvalue weighted by atomic mass is 79.9. The maximum absolute atomic E-state index is 12.1. The Labute approximate surface area is 114 Å². The molecule has 1 aromatic heterocycles. The van der Waals surface area contributed by atoms with E-state index in [0.29, 0.717) is 11.3 Å². The fraction of sp³-hybridized carbons (Fsp3) is 0.273. The standard InChI is InChI=1S/C11H9BrF3N3O/c12-6-1-2-8(16)7(5-6)10-17-9(18-19-10)3-4-11(13,14)15/h1-2,5H,3-4,16H2. The van der Waals surface area contributed by atoms with Crippen LogP contribution in [0.2, 0.25) is 0 Å². The zero-order valence-electron chi connectivity index (χ0n) is 9.54. The lowest BCUT2D eigenvalue weighted by Crippen LogP contribution is -2.09. The summed E-state index contributed by atoms with van der Waals surface area (Å²) in [6.45, 7) is 0. The van der Waals surface area contributed by atoms with Gasteiger partial charge in [0, 0.05) is 16.6 Å². The van der Waals surface area contributed by atoms with E-state index in [1.165, 1.54) is 0 Å². The minimum Gasteiger partial charge on any atom is -0.398 e. The minimum absolute atomic E-state index is 0.00620. The third-order valence-electron chi connectivity index (χ3n) is 2.35. The summed E-state index contributed by atoms with van der Waals surface area (Å²) in [5.74, 6) is 0.114. The summed E-state index contributed by atoms with van der Waals surface area (Å²) in [5.41, 5.74) is 6.64. The molecule has 1 aromatic carbocycles. The second-order valence-electron chi connectivity index (χ2n) is 3.86. The number of alkyl halides is 3. The number of benzene rings is 1. The summed E-state index contributed by atoms with van der Waals surface area (Å²) in [7, 11) is 0. The normalized spacial score (nSPS) is 11.8. The Morgan fingerprint density at radius 2 is 2.05 bits per heavy atom. The molecular weight excluding hydrogens is 327 g/mol. The van der Waals surface area contributed by atoms with Crippen molar-refractivity contribution >= 4 is 21.6 Å². The second-order valence-corrected chi connectivity index (χ2v) is 4.78. The van der Waals surface area contributed by atoms with Crippen LogP contribution in [0.4, 0.5) is 18.9 Å². The topological polar surface area (TPSA) is 64.9 Å². The van der Waals surface area contributed by atoms with Gasteiger partial charge in [0.2, 0.25) is 0 Å². The molecule has 102 valence electrons. The number of aryl methyl sites for hydroxylation is 1. The van der Waals surface area contributed by atoms with Gasteiger partial charge in [0.15, 0.2) is 5.82 Å². The van der Waals surface area contributed by atoms with Crippen LogP contribution in [-0.2, 0) is 6.42 Å². The summed E-state index contributed by atoms with van der Waals surface area (Å²) in [6.07, 6.45) is -5.55. The highest BCUT2D eigenvalue weighted by Crippen LogP contribution is 2.28. The van der Waals surface area contributed by atoms with Crippen LogP contribution in [0.15, 0.2) is 27.2 Å². The van der Waals surface area contributed by atoms with Gasteiger partial charge in [-0.25, -0.2) is 0 Å². The monoisotopic (exact) mass is 335 g/mol. The fourth-order valence-electron chi connectivity index (χ4n) is 1.43. The molecule has 0 atom stereocenters. The van der Waals surface area contributed by atoms with Gasteiger partial charge < -0.3 is 10.3 Å². The Balaban J connectivity index is 2.19. The van der Waals surface area contributed by atoms with Crippen LogP contribution in [0.1, 0.15) is 12.2 Å². The van der Waals surface area contributed by atoms with Crippen molar-refractivity contribution in [1.29, 1.82) is 0 Å². The molecule has 2 aromatic rings. The van der Waals surface area contributed by atoms with Gasteiger partial charge in [-0.15, -0.1) is 0 Å². The lowest BCUT2D eigenvalue weighted by atomic mass is 10.2. The number of anilines is 1. The predicted octanol–water partition coefficient (Wildman–Crippen LogP) is 3.58. The molecule has 0 saturated heterocycles. The molecule has 0 aliphatic carbocycles. The third kappa shape index (κ3) is 3.69. The van der Waals surface area contributed by atoms with Crippen molar-refractivity contribution in [2.75, 3.05) is 5.73 Å². The van der Waals surface area contributed by atoms with E-state index in [1.54, 1.807) is 18.2 Å². The Morgan fingerprint density at radius 3 is 2.74 bits per heavy atom. The first kappa shape index (κ1) is 13.9. The quantitative estimate of drug-likeness (QED) is 0.870. The van der Waals surface area contributed by atoms with Gasteiger partial charge in [-0.2, -0.15) is 18.2 Å². The maximum Gasteiger partial charge on any atom is 0.389 e.